The van der Waals surface area contributed by atoms with Crippen LogP contribution in [0.3, 0.4) is 0 Å². The fraction of sp³-hybridized carbons (Fsp3) is 0.364. The van der Waals surface area contributed by atoms with Gasteiger partial charge in [-0.25, -0.2) is 4.98 Å². The van der Waals surface area contributed by atoms with Gasteiger partial charge in [-0.1, -0.05) is 19.9 Å². The molecule has 0 bridgehead atoms. The van der Waals surface area contributed by atoms with E-state index in [1.54, 1.807) is 12.1 Å². The van der Waals surface area contributed by atoms with Crippen molar-refractivity contribution in [2.45, 2.75) is 20.4 Å². The molecule has 3 nitrogen and oxygen atoms in total. The predicted octanol–water partition coefficient (Wildman–Crippen LogP) is 3.05. The number of phenols is 1. The number of fused-ring (bicyclic) bond motifs is 1. The molecule has 2 aromatic rings. The van der Waals surface area contributed by atoms with Crippen LogP contribution in [0.1, 0.15) is 13.8 Å². The minimum absolute atomic E-state index is 0.178. The first-order valence-electron chi connectivity index (χ1n) is 4.93. The Labute approximate surface area is 93.3 Å². The van der Waals surface area contributed by atoms with Crippen molar-refractivity contribution in [3.63, 3.8) is 0 Å². The summed E-state index contributed by atoms with van der Waals surface area (Å²) in [5.74, 6) is 0.666. The lowest BCUT2D eigenvalue weighted by atomic mass is 10.2. The summed E-state index contributed by atoms with van der Waals surface area (Å²) in [4.78, 5) is 4.14. The normalized spacial score (nSPS) is 11.5. The topological polar surface area (TPSA) is 38.0 Å². The number of nitrogens with zero attached hydrogens (tertiary/aromatic N) is 2. The largest absolute Gasteiger partial charge is 0.506 e. The average Bonchev–Trinajstić information content (AvgIpc) is 2.45. The molecule has 4 heteroatoms. The third-order valence-electron chi connectivity index (χ3n) is 2.26. The summed E-state index contributed by atoms with van der Waals surface area (Å²) in [5.41, 5.74) is 1.46. The Morgan fingerprint density at radius 2 is 2.20 bits per heavy atom. The molecule has 0 amide bonds. The quantitative estimate of drug-likeness (QED) is 0.852. The van der Waals surface area contributed by atoms with Gasteiger partial charge in [0.15, 0.2) is 0 Å². The highest BCUT2D eigenvalue weighted by Crippen LogP contribution is 2.27. The number of hydrogen-bond acceptors (Lipinski definition) is 2. The van der Waals surface area contributed by atoms with Crippen molar-refractivity contribution in [3.8, 4) is 5.75 Å². The van der Waals surface area contributed by atoms with Gasteiger partial charge in [0.05, 0.1) is 5.52 Å². The van der Waals surface area contributed by atoms with E-state index < -0.39 is 0 Å². The molecule has 0 fully saturated rings. The first kappa shape index (κ1) is 10.3. The van der Waals surface area contributed by atoms with Gasteiger partial charge in [-0.15, -0.1) is 0 Å². The highest BCUT2D eigenvalue weighted by atomic mass is 35.5. The second kappa shape index (κ2) is 3.74. The Hall–Kier alpha value is -1.22. The molecule has 1 N–H and O–H groups in total. The Morgan fingerprint density at radius 3 is 2.87 bits per heavy atom. The predicted molar refractivity (Wildman–Crippen MR) is 61.2 cm³/mol. The highest BCUT2D eigenvalue weighted by molar-refractivity contribution is 6.29. The van der Waals surface area contributed by atoms with E-state index in [4.69, 9.17) is 11.6 Å². The smallest absolute Gasteiger partial charge is 0.203 e. The third-order valence-corrected chi connectivity index (χ3v) is 2.55. The molecule has 15 heavy (non-hydrogen) atoms. The zero-order valence-corrected chi connectivity index (χ0v) is 9.49. The number of phenolic OH excluding ortho intramolecular Hbond substituents is 1. The maximum absolute atomic E-state index is 9.61. The molecule has 0 saturated heterocycles. The molecule has 0 spiro atoms. The van der Waals surface area contributed by atoms with Crippen LogP contribution in [0.4, 0.5) is 0 Å². The third kappa shape index (κ3) is 1.79. The van der Waals surface area contributed by atoms with Crippen LogP contribution in [0.15, 0.2) is 18.2 Å². The van der Waals surface area contributed by atoms with Crippen molar-refractivity contribution in [2.24, 2.45) is 5.92 Å². The number of benzene rings is 1. The monoisotopic (exact) mass is 224 g/mol. The maximum Gasteiger partial charge on any atom is 0.203 e. The maximum atomic E-state index is 9.61. The molecule has 1 heterocycles. The molecule has 80 valence electrons. The summed E-state index contributed by atoms with van der Waals surface area (Å²) < 4.78 is 1.92. The Morgan fingerprint density at radius 1 is 1.47 bits per heavy atom. The second-order valence-electron chi connectivity index (χ2n) is 4.03. The summed E-state index contributed by atoms with van der Waals surface area (Å²) in [7, 11) is 0. The van der Waals surface area contributed by atoms with E-state index in [2.05, 4.69) is 18.8 Å². The number of aromatic nitrogens is 2. The highest BCUT2D eigenvalue weighted by Gasteiger charge is 2.12. The van der Waals surface area contributed by atoms with E-state index in [1.165, 1.54) is 0 Å². The molecular formula is C11H13ClN2O. The van der Waals surface area contributed by atoms with Gasteiger partial charge in [0.2, 0.25) is 5.28 Å². The Kier molecular flexibility index (Phi) is 2.57. The summed E-state index contributed by atoms with van der Waals surface area (Å²) in [5, 5.41) is 10.0. The standard InChI is InChI=1S/C11H13ClN2O/c1-7(2)6-14-8-4-3-5-9(15)10(8)13-11(14)12/h3-5,7,15H,6H2,1-2H3. The zero-order valence-electron chi connectivity index (χ0n) is 8.74. The van der Waals surface area contributed by atoms with Crippen molar-refractivity contribution in [1.29, 1.82) is 0 Å². The minimum atomic E-state index is 0.178. The van der Waals surface area contributed by atoms with Crippen molar-refractivity contribution < 1.29 is 5.11 Å². The van der Waals surface area contributed by atoms with Gasteiger partial charge in [0, 0.05) is 6.54 Å². The van der Waals surface area contributed by atoms with Gasteiger partial charge in [-0.05, 0) is 29.7 Å². The van der Waals surface area contributed by atoms with Gasteiger partial charge in [0.25, 0.3) is 0 Å². The molecule has 0 aliphatic heterocycles. The lowest BCUT2D eigenvalue weighted by Crippen LogP contribution is -2.03. The van der Waals surface area contributed by atoms with Crippen LogP contribution in [-0.4, -0.2) is 14.7 Å². The Bertz CT molecular complexity index is 491. The number of aromatic hydroxyl groups is 1. The number of hydrogen-bond donors (Lipinski definition) is 1. The minimum Gasteiger partial charge on any atom is -0.506 e. The van der Waals surface area contributed by atoms with Crippen LogP contribution in [0.25, 0.3) is 11.0 Å². The van der Waals surface area contributed by atoms with Crippen molar-refractivity contribution in [2.75, 3.05) is 0 Å². The number of imidazole rings is 1. The van der Waals surface area contributed by atoms with Gasteiger partial charge in [0.1, 0.15) is 11.3 Å². The van der Waals surface area contributed by atoms with Crippen molar-refractivity contribution in [3.05, 3.63) is 23.5 Å². The Balaban J connectivity index is 2.63. The first-order valence-corrected chi connectivity index (χ1v) is 5.31. The van der Waals surface area contributed by atoms with Gasteiger partial charge < -0.3 is 9.67 Å². The van der Waals surface area contributed by atoms with Gasteiger partial charge in [-0.3, -0.25) is 0 Å². The average molecular weight is 225 g/mol. The van der Waals surface area contributed by atoms with Crippen LogP contribution in [0.5, 0.6) is 5.75 Å². The van der Waals surface area contributed by atoms with Crippen LogP contribution in [0.2, 0.25) is 5.28 Å². The summed E-state index contributed by atoms with van der Waals surface area (Å²) in [6, 6.07) is 5.33. The second-order valence-corrected chi connectivity index (χ2v) is 4.37. The van der Waals surface area contributed by atoms with Crippen LogP contribution in [0, 0.1) is 5.92 Å². The van der Waals surface area contributed by atoms with Crippen LogP contribution in [-0.2, 0) is 6.54 Å². The molecule has 1 aromatic carbocycles. The summed E-state index contributed by atoms with van der Waals surface area (Å²) in [6.07, 6.45) is 0. The number of halogens is 1. The number of rotatable bonds is 2. The summed E-state index contributed by atoms with van der Waals surface area (Å²) in [6.45, 7) is 5.04. The summed E-state index contributed by atoms with van der Waals surface area (Å²) >= 11 is 6.02. The molecule has 0 unspecified atom stereocenters. The van der Waals surface area contributed by atoms with E-state index >= 15 is 0 Å². The van der Waals surface area contributed by atoms with Gasteiger partial charge >= 0.3 is 0 Å². The van der Waals surface area contributed by atoms with Crippen molar-refractivity contribution in [1.82, 2.24) is 9.55 Å². The molecule has 1 aromatic heterocycles. The molecule has 0 aliphatic rings. The lowest BCUT2D eigenvalue weighted by Gasteiger charge is -2.08. The first-order chi connectivity index (χ1) is 7.09. The molecule has 0 aliphatic carbocycles. The van der Waals surface area contributed by atoms with Crippen LogP contribution < -0.4 is 0 Å². The zero-order chi connectivity index (χ0) is 11.0. The van der Waals surface area contributed by atoms with Gasteiger partial charge in [-0.2, -0.15) is 0 Å². The van der Waals surface area contributed by atoms with Crippen molar-refractivity contribution >= 4 is 22.6 Å². The fourth-order valence-electron chi connectivity index (χ4n) is 1.64. The molecule has 0 saturated carbocycles. The van der Waals surface area contributed by atoms with E-state index in [0.717, 1.165) is 12.1 Å². The lowest BCUT2D eigenvalue weighted by molar-refractivity contribution is 0.480. The molecule has 0 atom stereocenters. The molecule has 2 rings (SSSR count). The van der Waals surface area contributed by atoms with E-state index in [-0.39, 0.29) is 5.75 Å². The molecular weight excluding hydrogens is 212 g/mol. The number of para-hydroxylation sites is 1. The SMILES string of the molecule is CC(C)Cn1c(Cl)nc2c(O)cccc21. The fourth-order valence-corrected chi connectivity index (χ4v) is 1.89. The van der Waals surface area contributed by atoms with E-state index in [0.29, 0.717) is 16.7 Å². The van der Waals surface area contributed by atoms with E-state index in [1.807, 2.05) is 10.6 Å². The van der Waals surface area contributed by atoms with Crippen LogP contribution >= 0.6 is 11.6 Å². The van der Waals surface area contributed by atoms with E-state index in [9.17, 15) is 5.11 Å². The molecule has 0 radical (unpaired) electrons.